The van der Waals surface area contributed by atoms with Crippen molar-refractivity contribution < 1.29 is 4.74 Å². The van der Waals surface area contributed by atoms with Gasteiger partial charge in [0.25, 0.3) is 0 Å². The third-order valence-corrected chi connectivity index (χ3v) is 3.11. The van der Waals surface area contributed by atoms with Crippen molar-refractivity contribution in [2.45, 2.75) is 19.8 Å². The number of aryl methyl sites for hydroxylation is 1. The molecule has 0 spiro atoms. The summed E-state index contributed by atoms with van der Waals surface area (Å²) in [5, 5.41) is 3.12. The van der Waals surface area contributed by atoms with Crippen LogP contribution in [0.3, 0.4) is 0 Å². The van der Waals surface area contributed by atoms with E-state index in [1.54, 1.807) is 0 Å². The molecule has 1 rings (SSSR count). The van der Waals surface area contributed by atoms with Crippen LogP contribution in [0.4, 0.5) is 0 Å². The molecule has 84 valence electrons. The topological polar surface area (TPSA) is 21.3 Å². The van der Waals surface area contributed by atoms with Crippen molar-refractivity contribution in [3.05, 3.63) is 28.2 Å². The zero-order valence-corrected chi connectivity index (χ0v) is 10.9. The lowest BCUT2D eigenvalue weighted by molar-refractivity contribution is 0.306. The molecule has 0 saturated heterocycles. The maximum atomic E-state index is 5.64. The standard InChI is InChI=1S/C12H18BrNO/c1-10-9-11(5-6-12(10)13)15-8-4-3-7-14-2/h5-6,9,14H,3-4,7-8H2,1-2H3. The maximum absolute atomic E-state index is 5.64. The van der Waals surface area contributed by atoms with E-state index in [0.717, 1.165) is 36.2 Å². The third-order valence-electron chi connectivity index (χ3n) is 2.22. The van der Waals surface area contributed by atoms with Crippen molar-refractivity contribution >= 4 is 15.9 Å². The van der Waals surface area contributed by atoms with Gasteiger partial charge in [0.05, 0.1) is 6.61 Å². The molecule has 0 fully saturated rings. The molecule has 1 aromatic rings. The van der Waals surface area contributed by atoms with Crippen LogP contribution >= 0.6 is 15.9 Å². The summed E-state index contributed by atoms with van der Waals surface area (Å²) >= 11 is 3.47. The van der Waals surface area contributed by atoms with Gasteiger partial charge in [0.2, 0.25) is 0 Å². The molecular weight excluding hydrogens is 254 g/mol. The molecule has 3 heteroatoms. The van der Waals surface area contributed by atoms with E-state index in [1.165, 1.54) is 5.56 Å². The molecule has 0 radical (unpaired) electrons. The van der Waals surface area contributed by atoms with Crippen molar-refractivity contribution in [1.29, 1.82) is 0 Å². The Morgan fingerprint density at radius 3 is 2.80 bits per heavy atom. The van der Waals surface area contributed by atoms with Gasteiger partial charge in [-0.1, -0.05) is 15.9 Å². The predicted octanol–water partition coefficient (Wildman–Crippen LogP) is 3.14. The summed E-state index contributed by atoms with van der Waals surface area (Å²) in [7, 11) is 1.97. The van der Waals surface area contributed by atoms with Crippen molar-refractivity contribution in [2.75, 3.05) is 20.2 Å². The normalized spacial score (nSPS) is 10.3. The maximum Gasteiger partial charge on any atom is 0.119 e. The lowest BCUT2D eigenvalue weighted by Crippen LogP contribution is -2.09. The predicted molar refractivity (Wildman–Crippen MR) is 67.5 cm³/mol. The fourth-order valence-electron chi connectivity index (χ4n) is 1.30. The molecule has 1 N–H and O–H groups in total. The highest BCUT2D eigenvalue weighted by molar-refractivity contribution is 9.10. The van der Waals surface area contributed by atoms with Crippen LogP contribution in [0.25, 0.3) is 0 Å². The molecule has 0 bridgehead atoms. The van der Waals surface area contributed by atoms with Gasteiger partial charge in [-0.05, 0) is 57.1 Å². The number of nitrogens with one attached hydrogen (secondary N) is 1. The zero-order valence-electron chi connectivity index (χ0n) is 9.35. The Labute approximate surface area is 100 Å². The van der Waals surface area contributed by atoms with Crippen LogP contribution in [-0.2, 0) is 0 Å². The summed E-state index contributed by atoms with van der Waals surface area (Å²) in [6.45, 7) is 3.92. The quantitative estimate of drug-likeness (QED) is 0.803. The van der Waals surface area contributed by atoms with Gasteiger partial charge >= 0.3 is 0 Å². The Balaban J connectivity index is 2.28. The molecule has 0 aromatic heterocycles. The Morgan fingerprint density at radius 1 is 1.33 bits per heavy atom. The SMILES string of the molecule is CNCCCCOc1ccc(Br)c(C)c1. The summed E-state index contributed by atoms with van der Waals surface area (Å²) < 4.78 is 6.77. The highest BCUT2D eigenvalue weighted by Crippen LogP contribution is 2.21. The molecule has 0 aliphatic carbocycles. The minimum absolute atomic E-state index is 0.794. The van der Waals surface area contributed by atoms with Crippen molar-refractivity contribution in [1.82, 2.24) is 5.32 Å². The first-order valence-electron chi connectivity index (χ1n) is 5.27. The molecule has 0 saturated carbocycles. The minimum atomic E-state index is 0.794. The summed E-state index contributed by atoms with van der Waals surface area (Å²) in [6.07, 6.45) is 2.25. The lowest BCUT2D eigenvalue weighted by Gasteiger charge is -2.07. The van der Waals surface area contributed by atoms with Crippen LogP contribution in [-0.4, -0.2) is 20.2 Å². The van der Waals surface area contributed by atoms with Gasteiger partial charge in [0.15, 0.2) is 0 Å². The van der Waals surface area contributed by atoms with Crippen molar-refractivity contribution in [2.24, 2.45) is 0 Å². The molecule has 15 heavy (non-hydrogen) atoms. The smallest absolute Gasteiger partial charge is 0.119 e. The lowest BCUT2D eigenvalue weighted by atomic mass is 10.2. The van der Waals surface area contributed by atoms with Gasteiger partial charge in [-0.25, -0.2) is 0 Å². The first kappa shape index (κ1) is 12.5. The van der Waals surface area contributed by atoms with Gasteiger partial charge in [-0.2, -0.15) is 0 Å². The second kappa shape index (κ2) is 6.85. The van der Waals surface area contributed by atoms with Crippen LogP contribution in [0.15, 0.2) is 22.7 Å². The fraction of sp³-hybridized carbons (Fsp3) is 0.500. The van der Waals surface area contributed by atoms with Crippen LogP contribution in [0, 0.1) is 6.92 Å². The van der Waals surface area contributed by atoms with E-state index in [2.05, 4.69) is 34.2 Å². The number of unbranched alkanes of at least 4 members (excludes halogenated alkanes) is 1. The molecule has 0 heterocycles. The van der Waals surface area contributed by atoms with Crippen LogP contribution in [0.2, 0.25) is 0 Å². The Hall–Kier alpha value is -0.540. The van der Waals surface area contributed by atoms with E-state index in [0.29, 0.717) is 0 Å². The second-order valence-electron chi connectivity index (χ2n) is 3.57. The number of ether oxygens (including phenoxy) is 1. The van der Waals surface area contributed by atoms with Crippen LogP contribution < -0.4 is 10.1 Å². The molecular formula is C12H18BrNO. The summed E-state index contributed by atoms with van der Waals surface area (Å²) in [5.74, 6) is 0.958. The second-order valence-corrected chi connectivity index (χ2v) is 4.42. The highest BCUT2D eigenvalue weighted by atomic mass is 79.9. The van der Waals surface area contributed by atoms with Gasteiger partial charge < -0.3 is 10.1 Å². The summed E-state index contributed by atoms with van der Waals surface area (Å²) in [5.41, 5.74) is 1.21. The molecule has 0 atom stereocenters. The number of benzene rings is 1. The Morgan fingerprint density at radius 2 is 2.13 bits per heavy atom. The molecule has 0 amide bonds. The van der Waals surface area contributed by atoms with E-state index in [4.69, 9.17) is 4.74 Å². The Bertz CT molecular complexity index is 302. The van der Waals surface area contributed by atoms with Crippen LogP contribution in [0.1, 0.15) is 18.4 Å². The van der Waals surface area contributed by atoms with E-state index < -0.39 is 0 Å². The van der Waals surface area contributed by atoms with E-state index in [9.17, 15) is 0 Å². The third kappa shape index (κ3) is 4.67. The van der Waals surface area contributed by atoms with Gasteiger partial charge in [-0.3, -0.25) is 0 Å². The number of rotatable bonds is 6. The first-order valence-corrected chi connectivity index (χ1v) is 6.07. The molecule has 0 unspecified atom stereocenters. The van der Waals surface area contributed by atoms with E-state index in [1.807, 2.05) is 19.2 Å². The minimum Gasteiger partial charge on any atom is -0.494 e. The molecule has 2 nitrogen and oxygen atoms in total. The number of halogens is 1. The van der Waals surface area contributed by atoms with Gasteiger partial charge in [0, 0.05) is 4.47 Å². The zero-order chi connectivity index (χ0) is 11.1. The van der Waals surface area contributed by atoms with E-state index >= 15 is 0 Å². The number of hydrogen-bond donors (Lipinski definition) is 1. The molecule has 1 aromatic carbocycles. The van der Waals surface area contributed by atoms with Gasteiger partial charge in [-0.15, -0.1) is 0 Å². The Kier molecular flexibility index (Phi) is 5.73. The highest BCUT2D eigenvalue weighted by Gasteiger charge is 1.97. The average Bonchev–Trinajstić information content (AvgIpc) is 2.23. The van der Waals surface area contributed by atoms with Crippen molar-refractivity contribution in [3.8, 4) is 5.75 Å². The van der Waals surface area contributed by atoms with E-state index in [-0.39, 0.29) is 0 Å². The fourth-order valence-corrected chi connectivity index (χ4v) is 1.55. The van der Waals surface area contributed by atoms with Crippen LogP contribution in [0.5, 0.6) is 5.75 Å². The monoisotopic (exact) mass is 271 g/mol. The molecule has 0 aliphatic rings. The van der Waals surface area contributed by atoms with Gasteiger partial charge in [0.1, 0.15) is 5.75 Å². The summed E-state index contributed by atoms with van der Waals surface area (Å²) in [6, 6.07) is 6.08. The first-order chi connectivity index (χ1) is 7.24. The largest absolute Gasteiger partial charge is 0.494 e. The number of hydrogen-bond acceptors (Lipinski definition) is 2. The summed E-state index contributed by atoms with van der Waals surface area (Å²) in [4.78, 5) is 0. The molecule has 0 aliphatic heterocycles. The van der Waals surface area contributed by atoms with Crippen molar-refractivity contribution in [3.63, 3.8) is 0 Å². The average molecular weight is 272 g/mol.